The van der Waals surface area contributed by atoms with Crippen molar-refractivity contribution in [2.75, 3.05) is 16.5 Å². The minimum atomic E-state index is 0.312. The summed E-state index contributed by atoms with van der Waals surface area (Å²) in [5.41, 5.74) is 4.63. The number of fused-ring (bicyclic) bond motifs is 6. The molecule has 0 amide bonds. The van der Waals surface area contributed by atoms with Crippen LogP contribution >= 0.6 is 0 Å². The van der Waals surface area contributed by atoms with Gasteiger partial charge in [0, 0.05) is 24.5 Å². The van der Waals surface area contributed by atoms with Crippen molar-refractivity contribution in [3.05, 3.63) is 47.5 Å². The van der Waals surface area contributed by atoms with Crippen molar-refractivity contribution in [1.82, 2.24) is 0 Å². The van der Waals surface area contributed by atoms with Gasteiger partial charge < -0.3 is 20.0 Å². The van der Waals surface area contributed by atoms with Gasteiger partial charge in [0.25, 0.3) is 0 Å². The highest BCUT2D eigenvalue weighted by molar-refractivity contribution is 5.68. The highest BCUT2D eigenvalue weighted by Crippen LogP contribution is 2.39. The lowest BCUT2D eigenvalue weighted by atomic mass is 10.0. The smallest absolute Gasteiger partial charge is 0.116 e. The maximum absolute atomic E-state index is 9.61. The Morgan fingerprint density at radius 1 is 0.737 bits per heavy atom. The van der Waals surface area contributed by atoms with Crippen LogP contribution in [0.2, 0.25) is 0 Å². The van der Waals surface area contributed by atoms with Crippen molar-refractivity contribution in [3.63, 3.8) is 0 Å². The van der Waals surface area contributed by atoms with Gasteiger partial charge >= 0.3 is 0 Å². The molecule has 96 valence electrons. The van der Waals surface area contributed by atoms with Crippen LogP contribution in [0.25, 0.3) is 0 Å². The van der Waals surface area contributed by atoms with Crippen molar-refractivity contribution in [2.45, 2.75) is 13.1 Å². The second-order valence-corrected chi connectivity index (χ2v) is 5.16. The molecule has 2 aromatic rings. The monoisotopic (exact) mass is 254 g/mol. The van der Waals surface area contributed by atoms with Gasteiger partial charge in [-0.25, -0.2) is 0 Å². The van der Waals surface area contributed by atoms with Crippen LogP contribution < -0.4 is 9.80 Å². The minimum Gasteiger partial charge on any atom is -0.508 e. The van der Waals surface area contributed by atoms with Crippen molar-refractivity contribution in [3.8, 4) is 11.5 Å². The molecule has 19 heavy (non-hydrogen) atoms. The molecule has 0 atom stereocenters. The SMILES string of the molecule is Oc1ccc2c(c1)CN1CN2Cc2cc(O)ccc21. The van der Waals surface area contributed by atoms with E-state index in [0.29, 0.717) is 11.5 Å². The summed E-state index contributed by atoms with van der Waals surface area (Å²) in [7, 11) is 0. The van der Waals surface area contributed by atoms with E-state index in [2.05, 4.69) is 9.80 Å². The normalized spacial score (nSPS) is 16.0. The largest absolute Gasteiger partial charge is 0.508 e. The molecule has 0 spiro atoms. The van der Waals surface area contributed by atoms with Crippen molar-refractivity contribution in [2.24, 2.45) is 0 Å². The Hall–Kier alpha value is -2.36. The number of anilines is 2. The Balaban J connectivity index is 1.83. The van der Waals surface area contributed by atoms with Crippen LogP contribution in [0.4, 0.5) is 11.4 Å². The van der Waals surface area contributed by atoms with Crippen LogP contribution in [0.3, 0.4) is 0 Å². The van der Waals surface area contributed by atoms with E-state index in [9.17, 15) is 10.2 Å². The zero-order valence-electron chi connectivity index (χ0n) is 10.4. The van der Waals surface area contributed by atoms with Gasteiger partial charge in [0.2, 0.25) is 0 Å². The summed E-state index contributed by atoms with van der Waals surface area (Å²) in [6, 6.07) is 11.1. The number of rotatable bonds is 0. The van der Waals surface area contributed by atoms with E-state index in [1.165, 1.54) is 11.4 Å². The molecule has 4 rings (SSSR count). The number of hydrogen-bond donors (Lipinski definition) is 2. The highest BCUT2D eigenvalue weighted by Gasteiger charge is 2.29. The lowest BCUT2D eigenvalue weighted by molar-refractivity contribution is 0.473. The molecule has 0 fully saturated rings. The fraction of sp³-hybridized carbons (Fsp3) is 0.200. The van der Waals surface area contributed by atoms with Gasteiger partial charge in [-0.3, -0.25) is 0 Å². The maximum Gasteiger partial charge on any atom is 0.116 e. The summed E-state index contributed by atoms with van der Waals surface area (Å²) in [6.07, 6.45) is 0. The molecular formula is C15H14N2O2. The predicted molar refractivity (Wildman–Crippen MR) is 73.4 cm³/mol. The first-order valence-corrected chi connectivity index (χ1v) is 6.34. The molecular weight excluding hydrogens is 240 g/mol. The summed E-state index contributed by atoms with van der Waals surface area (Å²) in [4.78, 5) is 4.53. The Bertz CT molecular complexity index is 612. The van der Waals surface area contributed by atoms with Gasteiger partial charge in [0.05, 0.1) is 6.67 Å². The summed E-state index contributed by atoms with van der Waals surface area (Å²) < 4.78 is 0. The summed E-state index contributed by atoms with van der Waals surface area (Å²) in [6.45, 7) is 2.44. The van der Waals surface area contributed by atoms with Gasteiger partial charge in [0.1, 0.15) is 11.5 Å². The number of aromatic hydroxyl groups is 2. The molecule has 2 bridgehead atoms. The van der Waals surface area contributed by atoms with Crippen LogP contribution in [-0.2, 0) is 13.1 Å². The van der Waals surface area contributed by atoms with Crippen LogP contribution in [-0.4, -0.2) is 16.9 Å². The molecule has 4 nitrogen and oxygen atoms in total. The zero-order valence-corrected chi connectivity index (χ0v) is 10.4. The lowest BCUT2D eigenvalue weighted by Gasteiger charge is -2.44. The van der Waals surface area contributed by atoms with Crippen molar-refractivity contribution in [1.29, 1.82) is 0 Å². The van der Waals surface area contributed by atoms with Gasteiger partial charge in [-0.15, -0.1) is 0 Å². The van der Waals surface area contributed by atoms with E-state index in [-0.39, 0.29) is 0 Å². The Morgan fingerprint density at radius 2 is 1.21 bits per heavy atom. The molecule has 4 heteroatoms. The maximum atomic E-state index is 9.61. The van der Waals surface area contributed by atoms with Gasteiger partial charge in [-0.2, -0.15) is 0 Å². The first kappa shape index (κ1) is 10.6. The average molecular weight is 254 g/mol. The van der Waals surface area contributed by atoms with E-state index in [4.69, 9.17) is 0 Å². The van der Waals surface area contributed by atoms with Crippen LogP contribution in [0.5, 0.6) is 11.5 Å². The van der Waals surface area contributed by atoms with Crippen molar-refractivity contribution < 1.29 is 10.2 Å². The molecule has 0 saturated carbocycles. The second kappa shape index (κ2) is 3.57. The number of phenolic OH excluding ortho intramolecular Hbond substituents is 2. The van der Waals surface area contributed by atoms with Crippen LogP contribution in [0.15, 0.2) is 36.4 Å². The van der Waals surface area contributed by atoms with Gasteiger partial charge in [0.15, 0.2) is 0 Å². The highest BCUT2D eigenvalue weighted by atomic mass is 16.3. The average Bonchev–Trinajstić information content (AvgIpc) is 2.37. The van der Waals surface area contributed by atoms with E-state index >= 15 is 0 Å². The minimum absolute atomic E-state index is 0.312. The molecule has 0 saturated heterocycles. The lowest BCUT2D eigenvalue weighted by Crippen LogP contribution is -2.46. The Labute approximate surface area is 111 Å². The van der Waals surface area contributed by atoms with Gasteiger partial charge in [-0.05, 0) is 47.5 Å². The van der Waals surface area contributed by atoms with E-state index in [0.717, 1.165) is 30.9 Å². The van der Waals surface area contributed by atoms with E-state index in [1.54, 1.807) is 12.1 Å². The number of benzene rings is 2. The quantitative estimate of drug-likeness (QED) is 0.758. The predicted octanol–water partition coefficient (Wildman–Crippen LogP) is 2.40. The molecule has 0 aliphatic carbocycles. The van der Waals surface area contributed by atoms with Crippen molar-refractivity contribution >= 4 is 11.4 Å². The third-order valence-corrected chi connectivity index (χ3v) is 3.87. The van der Waals surface area contributed by atoms with Crippen LogP contribution in [0.1, 0.15) is 11.1 Å². The molecule has 0 aromatic heterocycles. The standard InChI is InChI=1S/C15H14N2O2/c18-12-1-3-14-10(5-12)7-17-9-16(14)8-11-6-13(19)2-4-15(11)17/h1-6,18-19H,7-9H2. The second-order valence-electron chi connectivity index (χ2n) is 5.16. The first-order valence-electron chi connectivity index (χ1n) is 6.34. The Kier molecular flexibility index (Phi) is 1.98. The molecule has 2 aromatic carbocycles. The third-order valence-electron chi connectivity index (χ3n) is 3.87. The molecule has 2 aliphatic rings. The molecule has 0 unspecified atom stereocenters. The summed E-state index contributed by atoms with van der Waals surface area (Å²) >= 11 is 0. The number of phenols is 2. The molecule has 0 radical (unpaired) electrons. The van der Waals surface area contributed by atoms with E-state index in [1.807, 2.05) is 24.3 Å². The third kappa shape index (κ3) is 1.53. The van der Waals surface area contributed by atoms with Crippen LogP contribution in [0, 0.1) is 0 Å². The summed E-state index contributed by atoms with van der Waals surface area (Å²) in [5.74, 6) is 0.624. The molecule has 2 aliphatic heterocycles. The van der Waals surface area contributed by atoms with E-state index < -0.39 is 0 Å². The number of nitrogens with zero attached hydrogens (tertiary/aromatic N) is 2. The topological polar surface area (TPSA) is 46.9 Å². The Morgan fingerprint density at radius 3 is 1.68 bits per heavy atom. The molecule has 2 heterocycles. The fourth-order valence-corrected chi connectivity index (χ4v) is 3.05. The fourth-order valence-electron chi connectivity index (χ4n) is 3.05. The molecule has 2 N–H and O–H groups in total. The first-order chi connectivity index (χ1) is 9.20. The number of hydrogen-bond acceptors (Lipinski definition) is 4. The summed E-state index contributed by atoms with van der Waals surface area (Å²) in [5, 5.41) is 19.2. The zero-order chi connectivity index (χ0) is 13.0. The van der Waals surface area contributed by atoms with Gasteiger partial charge in [-0.1, -0.05) is 0 Å².